The van der Waals surface area contributed by atoms with E-state index in [0.29, 0.717) is 23.1 Å². The van der Waals surface area contributed by atoms with Crippen LogP contribution in [0.5, 0.6) is 0 Å². The van der Waals surface area contributed by atoms with E-state index in [4.69, 9.17) is 27.9 Å². The summed E-state index contributed by atoms with van der Waals surface area (Å²) in [6.07, 6.45) is 2.17. The Hall–Kier alpha value is -1.23. The highest BCUT2D eigenvalue weighted by Crippen LogP contribution is 2.43. The van der Waals surface area contributed by atoms with Crippen molar-refractivity contribution in [1.29, 1.82) is 0 Å². The molecule has 2 aromatic rings. The molecule has 1 aliphatic heterocycles. The minimum absolute atomic E-state index is 0.0534. The number of carboxylic acids is 1. The second kappa shape index (κ2) is 5.76. The molecule has 0 amide bonds. The number of hydrogen-bond acceptors (Lipinski definition) is 2. The summed E-state index contributed by atoms with van der Waals surface area (Å²) < 4.78 is 5.96. The Labute approximate surface area is 138 Å². The molecule has 1 aliphatic rings. The Morgan fingerprint density at radius 3 is 2.82 bits per heavy atom. The van der Waals surface area contributed by atoms with Gasteiger partial charge in [0.25, 0.3) is 0 Å². The van der Waals surface area contributed by atoms with Gasteiger partial charge < -0.3 is 14.8 Å². The second-order valence-electron chi connectivity index (χ2n) is 5.70. The molecule has 0 radical (unpaired) electrons. The van der Waals surface area contributed by atoms with Crippen LogP contribution in [0.2, 0.25) is 10.0 Å². The molecule has 118 valence electrons. The number of rotatable bonds is 4. The number of halogens is 2. The van der Waals surface area contributed by atoms with Crippen molar-refractivity contribution in [1.82, 2.24) is 4.98 Å². The number of aromatic nitrogens is 1. The van der Waals surface area contributed by atoms with E-state index in [1.807, 2.05) is 13.0 Å². The molecule has 1 unspecified atom stereocenters. The van der Waals surface area contributed by atoms with Crippen molar-refractivity contribution in [2.45, 2.75) is 38.2 Å². The molecular formula is C16H17Cl2NO3. The van der Waals surface area contributed by atoms with E-state index >= 15 is 0 Å². The lowest BCUT2D eigenvalue weighted by Crippen LogP contribution is -2.37. The molecule has 0 saturated heterocycles. The lowest BCUT2D eigenvalue weighted by atomic mass is 9.85. The Bertz CT molecular complexity index is 741. The van der Waals surface area contributed by atoms with E-state index in [1.54, 1.807) is 6.07 Å². The SMILES string of the molecule is CCCC1(CC(=O)O)OCCc2c1[nH]c1cc(Cl)c(Cl)cc21. The Morgan fingerprint density at radius 1 is 1.41 bits per heavy atom. The number of ether oxygens (including phenoxy) is 1. The molecule has 0 fully saturated rings. The van der Waals surface area contributed by atoms with Crippen LogP contribution in [0, 0.1) is 0 Å². The van der Waals surface area contributed by atoms with Crippen molar-refractivity contribution in [3.8, 4) is 0 Å². The average molecular weight is 342 g/mol. The minimum Gasteiger partial charge on any atom is -0.481 e. The Morgan fingerprint density at radius 2 is 2.14 bits per heavy atom. The topological polar surface area (TPSA) is 62.3 Å². The first-order valence-corrected chi connectivity index (χ1v) is 8.08. The highest BCUT2D eigenvalue weighted by atomic mass is 35.5. The third kappa shape index (κ3) is 2.49. The van der Waals surface area contributed by atoms with Gasteiger partial charge in [-0.25, -0.2) is 0 Å². The summed E-state index contributed by atoms with van der Waals surface area (Å²) in [4.78, 5) is 14.7. The van der Waals surface area contributed by atoms with Gasteiger partial charge in [-0.2, -0.15) is 0 Å². The number of aromatic amines is 1. The van der Waals surface area contributed by atoms with Gasteiger partial charge in [0.1, 0.15) is 5.60 Å². The van der Waals surface area contributed by atoms with Crippen molar-refractivity contribution in [3.05, 3.63) is 33.4 Å². The number of H-pyrrole nitrogens is 1. The van der Waals surface area contributed by atoms with Crippen LogP contribution in [0.1, 0.15) is 37.4 Å². The first-order chi connectivity index (χ1) is 10.5. The van der Waals surface area contributed by atoms with Gasteiger partial charge in [-0.15, -0.1) is 0 Å². The molecule has 4 nitrogen and oxygen atoms in total. The normalized spacial score (nSPS) is 21.0. The third-order valence-corrected chi connectivity index (χ3v) is 4.95. The first kappa shape index (κ1) is 15.7. The fraction of sp³-hybridized carbons (Fsp3) is 0.438. The molecule has 1 atom stereocenters. The standard InChI is InChI=1S/C16H17Cl2NO3/c1-2-4-16(8-14(20)21)15-9(3-5-22-16)10-6-11(17)12(18)7-13(10)19-15/h6-7,19H,2-5,8H2,1H3,(H,20,21). The summed E-state index contributed by atoms with van der Waals surface area (Å²) in [5, 5.41) is 11.3. The fourth-order valence-corrected chi connectivity index (χ4v) is 3.71. The van der Waals surface area contributed by atoms with Crippen LogP contribution in [0.4, 0.5) is 0 Å². The number of nitrogens with one attached hydrogen (secondary N) is 1. The van der Waals surface area contributed by atoms with Crippen molar-refractivity contribution >= 4 is 40.1 Å². The quantitative estimate of drug-likeness (QED) is 0.859. The molecule has 1 aromatic heterocycles. The lowest BCUT2D eigenvalue weighted by molar-refractivity contribution is -0.149. The number of benzene rings is 1. The number of carboxylic acid groups (broad SMARTS) is 1. The molecule has 6 heteroatoms. The first-order valence-electron chi connectivity index (χ1n) is 7.32. The highest BCUT2D eigenvalue weighted by molar-refractivity contribution is 6.42. The lowest BCUT2D eigenvalue weighted by Gasteiger charge is -2.36. The molecule has 3 rings (SSSR count). The monoisotopic (exact) mass is 341 g/mol. The zero-order chi connectivity index (χ0) is 15.9. The summed E-state index contributed by atoms with van der Waals surface area (Å²) in [5.41, 5.74) is 2.02. The molecule has 1 aromatic carbocycles. The number of aliphatic carboxylic acids is 1. The Balaban J connectivity index is 2.22. The Kier molecular flexibility index (Phi) is 4.10. The van der Waals surface area contributed by atoms with Crippen molar-refractivity contribution in [3.63, 3.8) is 0 Å². The maximum absolute atomic E-state index is 11.3. The molecular weight excluding hydrogens is 325 g/mol. The van der Waals surface area contributed by atoms with Crippen molar-refractivity contribution in [2.75, 3.05) is 6.61 Å². The summed E-state index contributed by atoms with van der Waals surface area (Å²) >= 11 is 12.2. The molecule has 2 N–H and O–H groups in total. The zero-order valence-electron chi connectivity index (χ0n) is 12.2. The predicted octanol–water partition coefficient (Wildman–Crippen LogP) is 4.52. The van der Waals surface area contributed by atoms with Gasteiger partial charge >= 0.3 is 5.97 Å². The number of hydrogen-bond donors (Lipinski definition) is 2. The smallest absolute Gasteiger partial charge is 0.306 e. The van der Waals surface area contributed by atoms with Gasteiger partial charge in [-0.05, 0) is 30.5 Å². The summed E-state index contributed by atoms with van der Waals surface area (Å²) in [7, 11) is 0. The van der Waals surface area contributed by atoms with Crippen LogP contribution in [0.25, 0.3) is 10.9 Å². The third-order valence-electron chi connectivity index (χ3n) is 4.22. The molecule has 0 spiro atoms. The van der Waals surface area contributed by atoms with Crippen LogP contribution in [0.3, 0.4) is 0 Å². The van der Waals surface area contributed by atoms with E-state index in [9.17, 15) is 9.90 Å². The van der Waals surface area contributed by atoms with Crippen LogP contribution >= 0.6 is 23.2 Å². The number of fused-ring (bicyclic) bond motifs is 3. The molecule has 22 heavy (non-hydrogen) atoms. The molecule has 2 heterocycles. The molecule has 0 saturated carbocycles. The van der Waals surface area contributed by atoms with E-state index in [-0.39, 0.29) is 6.42 Å². The maximum atomic E-state index is 11.3. The van der Waals surface area contributed by atoms with E-state index in [2.05, 4.69) is 4.98 Å². The second-order valence-corrected chi connectivity index (χ2v) is 6.52. The summed E-state index contributed by atoms with van der Waals surface area (Å²) in [6.45, 7) is 2.53. The average Bonchev–Trinajstić information content (AvgIpc) is 2.79. The highest BCUT2D eigenvalue weighted by Gasteiger charge is 2.41. The van der Waals surface area contributed by atoms with Crippen LogP contribution in [0.15, 0.2) is 12.1 Å². The molecule has 0 bridgehead atoms. The van der Waals surface area contributed by atoms with Crippen molar-refractivity contribution < 1.29 is 14.6 Å². The predicted molar refractivity (Wildman–Crippen MR) is 86.8 cm³/mol. The van der Waals surface area contributed by atoms with Crippen LogP contribution < -0.4 is 0 Å². The summed E-state index contributed by atoms with van der Waals surface area (Å²) in [5.74, 6) is -0.865. The van der Waals surface area contributed by atoms with Crippen molar-refractivity contribution in [2.24, 2.45) is 0 Å². The molecule has 0 aliphatic carbocycles. The van der Waals surface area contributed by atoms with Gasteiger partial charge in [0, 0.05) is 10.9 Å². The van der Waals surface area contributed by atoms with Gasteiger partial charge in [-0.3, -0.25) is 4.79 Å². The van der Waals surface area contributed by atoms with E-state index in [1.165, 1.54) is 0 Å². The summed E-state index contributed by atoms with van der Waals surface area (Å²) in [6, 6.07) is 3.63. The fourth-order valence-electron chi connectivity index (χ4n) is 3.39. The van der Waals surface area contributed by atoms with Gasteiger partial charge in [0.15, 0.2) is 0 Å². The van der Waals surface area contributed by atoms with Gasteiger partial charge in [0.05, 0.1) is 28.8 Å². The van der Waals surface area contributed by atoms with Crippen LogP contribution in [-0.4, -0.2) is 22.7 Å². The van der Waals surface area contributed by atoms with E-state index < -0.39 is 11.6 Å². The largest absolute Gasteiger partial charge is 0.481 e. The van der Waals surface area contributed by atoms with Gasteiger partial charge in [-0.1, -0.05) is 36.5 Å². The van der Waals surface area contributed by atoms with Gasteiger partial charge in [0.2, 0.25) is 0 Å². The minimum atomic E-state index is -0.865. The maximum Gasteiger partial charge on any atom is 0.306 e. The zero-order valence-corrected chi connectivity index (χ0v) is 13.7. The number of carbonyl (C=O) groups is 1. The van der Waals surface area contributed by atoms with Crippen LogP contribution in [-0.2, 0) is 21.6 Å². The van der Waals surface area contributed by atoms with E-state index in [0.717, 1.165) is 35.0 Å².